The van der Waals surface area contributed by atoms with Gasteiger partial charge in [-0.2, -0.15) is 5.10 Å². The Morgan fingerprint density at radius 3 is 2.90 bits per heavy atom. The molecule has 5 nitrogen and oxygen atoms in total. The first-order valence-corrected chi connectivity index (χ1v) is 6.29. The van der Waals surface area contributed by atoms with E-state index in [-0.39, 0.29) is 10.9 Å². The number of hydrogen-bond acceptors (Lipinski definition) is 5. The average molecular weight is 282 g/mol. The summed E-state index contributed by atoms with van der Waals surface area (Å²) in [6, 6.07) is 11.1. The minimum absolute atomic E-state index is 0.216. The van der Waals surface area contributed by atoms with E-state index in [4.69, 9.17) is 22.7 Å². The van der Waals surface area contributed by atoms with Gasteiger partial charge in [0.1, 0.15) is 10.7 Å². The Kier molecular flexibility index (Phi) is 3.22. The van der Waals surface area contributed by atoms with Crippen LogP contribution in [0.2, 0.25) is 0 Å². The number of pyridine rings is 1. The van der Waals surface area contributed by atoms with Crippen LogP contribution in [0.15, 0.2) is 48.8 Å². The van der Waals surface area contributed by atoms with Crippen molar-refractivity contribution in [3.8, 4) is 11.6 Å². The molecule has 2 N–H and O–H groups in total. The third-order valence-corrected chi connectivity index (χ3v) is 2.96. The van der Waals surface area contributed by atoms with E-state index in [1.54, 1.807) is 12.3 Å². The molecule has 20 heavy (non-hydrogen) atoms. The van der Waals surface area contributed by atoms with Crippen molar-refractivity contribution in [1.82, 2.24) is 15.2 Å². The van der Waals surface area contributed by atoms with Gasteiger partial charge in [0.15, 0.2) is 0 Å². The molecule has 3 rings (SSSR count). The van der Waals surface area contributed by atoms with Gasteiger partial charge in [-0.05, 0) is 24.3 Å². The zero-order valence-corrected chi connectivity index (χ0v) is 11.2. The number of nitrogens with two attached hydrogens (primary N) is 1. The molecule has 0 fully saturated rings. The number of rotatable bonds is 3. The second-order valence-electron chi connectivity index (χ2n) is 4.07. The maximum absolute atomic E-state index is 5.70. The van der Waals surface area contributed by atoms with Crippen molar-refractivity contribution < 1.29 is 4.74 Å². The van der Waals surface area contributed by atoms with Gasteiger partial charge in [-0.15, -0.1) is 5.10 Å². The van der Waals surface area contributed by atoms with Crippen molar-refractivity contribution in [3.63, 3.8) is 0 Å². The van der Waals surface area contributed by atoms with E-state index in [0.29, 0.717) is 11.3 Å². The second kappa shape index (κ2) is 5.18. The number of nitrogens with zero attached hydrogens (tertiary/aromatic N) is 3. The fourth-order valence-electron chi connectivity index (χ4n) is 1.80. The van der Waals surface area contributed by atoms with Crippen LogP contribution in [0.3, 0.4) is 0 Å². The Bertz CT molecular complexity index is 791. The van der Waals surface area contributed by atoms with Crippen LogP contribution in [0.1, 0.15) is 5.56 Å². The summed E-state index contributed by atoms with van der Waals surface area (Å²) in [7, 11) is 0. The van der Waals surface area contributed by atoms with E-state index in [1.165, 1.54) is 6.20 Å². The van der Waals surface area contributed by atoms with Gasteiger partial charge in [-0.1, -0.05) is 18.3 Å². The highest BCUT2D eigenvalue weighted by Gasteiger charge is 2.09. The number of thiocarbonyl (C=S) groups is 1. The van der Waals surface area contributed by atoms with Crippen LogP contribution < -0.4 is 10.5 Å². The van der Waals surface area contributed by atoms with Gasteiger partial charge < -0.3 is 10.5 Å². The Hall–Kier alpha value is -2.60. The summed E-state index contributed by atoms with van der Waals surface area (Å²) in [6.07, 6.45) is 3.25. The van der Waals surface area contributed by atoms with Crippen molar-refractivity contribution in [3.05, 3.63) is 54.4 Å². The quantitative estimate of drug-likeness (QED) is 0.744. The predicted molar refractivity (Wildman–Crippen MR) is 79.7 cm³/mol. The van der Waals surface area contributed by atoms with Gasteiger partial charge in [0.25, 0.3) is 0 Å². The number of ether oxygens (including phenoxy) is 1. The zero-order chi connectivity index (χ0) is 13.9. The van der Waals surface area contributed by atoms with E-state index in [9.17, 15) is 0 Å². The third-order valence-electron chi connectivity index (χ3n) is 2.74. The number of hydrogen-bond donors (Lipinski definition) is 1. The molecule has 0 bridgehead atoms. The van der Waals surface area contributed by atoms with Gasteiger partial charge >= 0.3 is 0 Å². The summed E-state index contributed by atoms with van der Waals surface area (Å²) in [5.74, 6) is 0.893. The Morgan fingerprint density at radius 2 is 2.05 bits per heavy atom. The first-order valence-electron chi connectivity index (χ1n) is 5.88. The summed E-state index contributed by atoms with van der Waals surface area (Å²) in [5, 5.41) is 8.73. The first kappa shape index (κ1) is 12.4. The monoisotopic (exact) mass is 282 g/mol. The van der Waals surface area contributed by atoms with Crippen LogP contribution >= 0.6 is 12.2 Å². The first-order chi connectivity index (χ1) is 9.74. The van der Waals surface area contributed by atoms with Crippen LogP contribution in [0.4, 0.5) is 0 Å². The minimum atomic E-state index is 0.216. The Morgan fingerprint density at radius 1 is 1.15 bits per heavy atom. The number of benzene rings is 1. The summed E-state index contributed by atoms with van der Waals surface area (Å²) < 4.78 is 5.70. The molecule has 0 spiro atoms. The van der Waals surface area contributed by atoms with Gasteiger partial charge in [-0.25, -0.2) is 0 Å². The standard InChI is InChI=1S/C14H10N4OS/c15-13(20)11-5-7-17-18-14(11)19-10-4-3-9-2-1-6-16-12(9)8-10/h1-8H,(H2,15,20). The lowest BCUT2D eigenvalue weighted by molar-refractivity contribution is 0.455. The largest absolute Gasteiger partial charge is 0.437 e. The van der Waals surface area contributed by atoms with Gasteiger partial charge in [0.2, 0.25) is 5.88 Å². The topological polar surface area (TPSA) is 73.9 Å². The Labute approximate surface area is 120 Å². The van der Waals surface area contributed by atoms with Crippen molar-refractivity contribution in [1.29, 1.82) is 0 Å². The highest BCUT2D eigenvalue weighted by Crippen LogP contribution is 2.25. The second-order valence-corrected chi connectivity index (χ2v) is 4.51. The normalized spacial score (nSPS) is 10.4. The molecular weight excluding hydrogens is 272 g/mol. The van der Waals surface area contributed by atoms with Crippen molar-refractivity contribution >= 4 is 28.1 Å². The third kappa shape index (κ3) is 2.41. The van der Waals surface area contributed by atoms with Crippen LogP contribution in [0.5, 0.6) is 11.6 Å². The SMILES string of the molecule is NC(=S)c1ccnnc1Oc1ccc2cccnc2c1. The molecule has 0 aliphatic heterocycles. The fraction of sp³-hybridized carbons (Fsp3) is 0. The molecule has 98 valence electrons. The number of fused-ring (bicyclic) bond motifs is 1. The lowest BCUT2D eigenvalue weighted by Crippen LogP contribution is -2.12. The Balaban J connectivity index is 1.99. The predicted octanol–water partition coefficient (Wildman–Crippen LogP) is 2.45. The summed E-state index contributed by atoms with van der Waals surface area (Å²) >= 11 is 4.96. The maximum atomic E-state index is 5.70. The van der Waals surface area contributed by atoms with Crippen LogP contribution in [-0.4, -0.2) is 20.2 Å². The molecule has 6 heteroatoms. The van der Waals surface area contributed by atoms with E-state index in [1.807, 2.05) is 30.3 Å². The lowest BCUT2D eigenvalue weighted by atomic mass is 10.2. The molecule has 0 saturated heterocycles. The van der Waals surface area contributed by atoms with Gasteiger partial charge in [0.05, 0.1) is 17.3 Å². The zero-order valence-electron chi connectivity index (χ0n) is 10.4. The van der Waals surface area contributed by atoms with Gasteiger partial charge in [-0.3, -0.25) is 4.98 Å². The van der Waals surface area contributed by atoms with Gasteiger partial charge in [0, 0.05) is 17.6 Å². The van der Waals surface area contributed by atoms with E-state index in [0.717, 1.165) is 10.9 Å². The summed E-state index contributed by atoms with van der Waals surface area (Å²) in [5.41, 5.74) is 7.02. The van der Waals surface area contributed by atoms with E-state index in [2.05, 4.69) is 15.2 Å². The fourth-order valence-corrected chi connectivity index (χ4v) is 1.96. The molecule has 0 unspecified atom stereocenters. The lowest BCUT2D eigenvalue weighted by Gasteiger charge is -2.08. The molecule has 3 aromatic rings. The van der Waals surface area contributed by atoms with Crippen LogP contribution in [0, 0.1) is 0 Å². The van der Waals surface area contributed by atoms with Crippen molar-refractivity contribution in [2.24, 2.45) is 5.73 Å². The molecule has 0 atom stereocenters. The molecule has 0 radical (unpaired) electrons. The summed E-state index contributed by atoms with van der Waals surface area (Å²) in [4.78, 5) is 4.49. The molecular formula is C14H10N4OS. The molecule has 1 aromatic carbocycles. The maximum Gasteiger partial charge on any atom is 0.249 e. The minimum Gasteiger partial charge on any atom is -0.437 e. The molecule has 2 aromatic heterocycles. The highest BCUT2D eigenvalue weighted by atomic mass is 32.1. The molecule has 0 saturated carbocycles. The van der Waals surface area contributed by atoms with Crippen LogP contribution in [0.25, 0.3) is 10.9 Å². The number of aromatic nitrogens is 3. The van der Waals surface area contributed by atoms with Crippen molar-refractivity contribution in [2.75, 3.05) is 0 Å². The van der Waals surface area contributed by atoms with Crippen LogP contribution in [-0.2, 0) is 0 Å². The van der Waals surface area contributed by atoms with E-state index >= 15 is 0 Å². The molecule has 0 aliphatic carbocycles. The summed E-state index contributed by atoms with van der Waals surface area (Å²) in [6.45, 7) is 0. The van der Waals surface area contributed by atoms with E-state index < -0.39 is 0 Å². The molecule has 0 amide bonds. The molecule has 0 aliphatic rings. The average Bonchev–Trinajstić information content (AvgIpc) is 2.47. The smallest absolute Gasteiger partial charge is 0.249 e. The molecule has 2 heterocycles. The van der Waals surface area contributed by atoms with Crippen molar-refractivity contribution in [2.45, 2.75) is 0 Å². The highest BCUT2D eigenvalue weighted by molar-refractivity contribution is 7.80.